The number of halogens is 2. The fourth-order valence-corrected chi connectivity index (χ4v) is 1.37. The molecule has 0 aliphatic rings. The molecule has 0 heterocycles. The van der Waals surface area contributed by atoms with Crippen molar-refractivity contribution in [3.63, 3.8) is 0 Å². The number of carbonyl (C=O) groups excluding carboxylic acids is 1. The van der Waals surface area contributed by atoms with Crippen molar-refractivity contribution in [3.8, 4) is 0 Å². The van der Waals surface area contributed by atoms with Gasteiger partial charge in [-0.1, -0.05) is 13.0 Å². The molecular weight excluding hydrogens is 240 g/mol. The third-order valence-electron chi connectivity index (χ3n) is 2.36. The highest BCUT2D eigenvalue weighted by Crippen LogP contribution is 2.08. The summed E-state index contributed by atoms with van der Waals surface area (Å²) >= 11 is 0. The van der Waals surface area contributed by atoms with Gasteiger partial charge in [-0.3, -0.25) is 4.79 Å². The van der Waals surface area contributed by atoms with Crippen molar-refractivity contribution in [2.24, 2.45) is 0 Å². The van der Waals surface area contributed by atoms with Crippen molar-refractivity contribution in [2.45, 2.75) is 26.3 Å². The first kappa shape index (κ1) is 14.6. The number of nitrogens with one attached hydrogen (secondary N) is 1. The van der Waals surface area contributed by atoms with Crippen molar-refractivity contribution in [1.29, 1.82) is 0 Å². The van der Waals surface area contributed by atoms with Gasteiger partial charge in [0.2, 0.25) is 0 Å². The van der Waals surface area contributed by atoms with Crippen LogP contribution in [0.3, 0.4) is 0 Å². The molecule has 3 nitrogen and oxygen atoms in total. The van der Waals surface area contributed by atoms with E-state index in [0.29, 0.717) is 38.1 Å². The molecule has 1 aromatic rings. The smallest absolute Gasteiger partial charge is 0.305 e. The average Bonchev–Trinajstić information content (AvgIpc) is 2.37. The van der Waals surface area contributed by atoms with Gasteiger partial charge in [0.25, 0.3) is 0 Å². The summed E-state index contributed by atoms with van der Waals surface area (Å²) in [5.41, 5.74) is 0.680. The van der Waals surface area contributed by atoms with Crippen molar-refractivity contribution in [2.75, 3.05) is 13.2 Å². The molecule has 18 heavy (non-hydrogen) atoms. The second kappa shape index (κ2) is 7.76. The molecule has 5 heteroatoms. The topological polar surface area (TPSA) is 38.3 Å². The normalized spacial score (nSPS) is 10.4. The van der Waals surface area contributed by atoms with Gasteiger partial charge in [0.1, 0.15) is 0 Å². The monoisotopic (exact) mass is 257 g/mol. The van der Waals surface area contributed by atoms with E-state index in [2.05, 4.69) is 5.32 Å². The molecule has 0 atom stereocenters. The van der Waals surface area contributed by atoms with Gasteiger partial charge in [-0.2, -0.15) is 0 Å². The zero-order valence-electron chi connectivity index (χ0n) is 10.3. The van der Waals surface area contributed by atoms with Crippen molar-refractivity contribution in [3.05, 3.63) is 35.4 Å². The molecule has 0 spiro atoms. The van der Waals surface area contributed by atoms with Gasteiger partial charge in [0, 0.05) is 13.0 Å². The van der Waals surface area contributed by atoms with Crippen LogP contribution in [0, 0.1) is 11.6 Å². The minimum Gasteiger partial charge on any atom is -0.466 e. The van der Waals surface area contributed by atoms with E-state index in [0.717, 1.165) is 6.07 Å². The highest BCUT2D eigenvalue weighted by atomic mass is 19.2. The van der Waals surface area contributed by atoms with Crippen molar-refractivity contribution >= 4 is 5.97 Å². The van der Waals surface area contributed by atoms with Gasteiger partial charge < -0.3 is 10.1 Å². The Kier molecular flexibility index (Phi) is 6.28. The Morgan fingerprint density at radius 1 is 1.33 bits per heavy atom. The maximum atomic E-state index is 12.9. The third-order valence-corrected chi connectivity index (χ3v) is 2.36. The lowest BCUT2D eigenvalue weighted by Crippen LogP contribution is -2.17. The van der Waals surface area contributed by atoms with Crippen LogP contribution in [-0.2, 0) is 16.1 Å². The second-order valence-corrected chi connectivity index (χ2v) is 3.85. The number of ether oxygens (including phenoxy) is 1. The lowest BCUT2D eigenvalue weighted by atomic mass is 10.2. The first-order chi connectivity index (χ1) is 8.63. The van der Waals surface area contributed by atoms with Crippen molar-refractivity contribution < 1.29 is 18.3 Å². The average molecular weight is 257 g/mol. The molecule has 0 radical (unpaired) electrons. The van der Waals surface area contributed by atoms with Crippen LogP contribution in [0.25, 0.3) is 0 Å². The lowest BCUT2D eigenvalue weighted by molar-refractivity contribution is -0.143. The molecule has 0 aromatic heterocycles. The highest BCUT2D eigenvalue weighted by molar-refractivity contribution is 5.68. The van der Waals surface area contributed by atoms with Crippen LogP contribution in [0.15, 0.2) is 18.2 Å². The minimum absolute atomic E-state index is 0.212. The lowest BCUT2D eigenvalue weighted by Gasteiger charge is -2.06. The molecule has 1 aromatic carbocycles. The largest absolute Gasteiger partial charge is 0.466 e. The van der Waals surface area contributed by atoms with Gasteiger partial charge in [-0.25, -0.2) is 8.78 Å². The molecule has 1 N–H and O–H groups in total. The van der Waals surface area contributed by atoms with E-state index in [9.17, 15) is 13.6 Å². The quantitative estimate of drug-likeness (QED) is 0.602. The van der Waals surface area contributed by atoms with Crippen LogP contribution < -0.4 is 5.32 Å². The van der Waals surface area contributed by atoms with Crippen LogP contribution in [0.5, 0.6) is 0 Å². The van der Waals surface area contributed by atoms with Gasteiger partial charge in [0.15, 0.2) is 11.6 Å². The number of hydrogen-bond acceptors (Lipinski definition) is 3. The number of carbonyl (C=O) groups is 1. The fraction of sp³-hybridized carbons (Fsp3) is 0.462. The molecule has 0 aliphatic heterocycles. The Hall–Kier alpha value is -1.49. The van der Waals surface area contributed by atoms with E-state index in [-0.39, 0.29) is 5.97 Å². The zero-order valence-corrected chi connectivity index (χ0v) is 10.3. The standard InChI is InChI=1S/C13H17F2NO2/c1-2-13(17)18-7-3-6-16-9-10-4-5-11(14)12(15)8-10/h4-5,8,16H,2-3,6-7,9H2,1H3. The first-order valence-electron chi connectivity index (χ1n) is 5.93. The summed E-state index contributed by atoms with van der Waals surface area (Å²) < 4.78 is 30.4. The van der Waals surface area contributed by atoms with E-state index in [1.54, 1.807) is 6.92 Å². The predicted molar refractivity (Wildman–Crippen MR) is 63.9 cm³/mol. The van der Waals surface area contributed by atoms with Crippen LogP contribution in [-0.4, -0.2) is 19.1 Å². The van der Waals surface area contributed by atoms with Crippen LogP contribution >= 0.6 is 0 Å². The minimum atomic E-state index is -0.842. The molecule has 1 rings (SSSR count). The summed E-state index contributed by atoms with van der Waals surface area (Å²) in [6.07, 6.45) is 1.07. The van der Waals surface area contributed by atoms with Gasteiger partial charge >= 0.3 is 5.97 Å². The Balaban J connectivity index is 2.14. The molecule has 100 valence electrons. The summed E-state index contributed by atoms with van der Waals surface area (Å²) in [4.78, 5) is 10.8. The molecule has 0 fully saturated rings. The fourth-order valence-electron chi connectivity index (χ4n) is 1.37. The molecule has 0 amide bonds. The Bertz CT molecular complexity index is 397. The van der Waals surface area contributed by atoms with Crippen LogP contribution in [0.2, 0.25) is 0 Å². The summed E-state index contributed by atoms with van der Waals surface area (Å²) in [5, 5.41) is 3.06. The van der Waals surface area contributed by atoms with E-state index in [1.807, 2.05) is 0 Å². The summed E-state index contributed by atoms with van der Waals surface area (Å²) in [5.74, 6) is -1.90. The Morgan fingerprint density at radius 3 is 2.78 bits per heavy atom. The number of rotatable bonds is 7. The first-order valence-corrected chi connectivity index (χ1v) is 5.93. The molecule has 0 unspecified atom stereocenters. The summed E-state index contributed by atoms with van der Waals surface area (Å²) in [6, 6.07) is 3.80. The second-order valence-electron chi connectivity index (χ2n) is 3.85. The Labute approximate surface area is 105 Å². The van der Waals surface area contributed by atoms with Gasteiger partial charge in [0.05, 0.1) is 6.61 Å². The molecule has 0 aliphatic carbocycles. The van der Waals surface area contributed by atoms with E-state index < -0.39 is 11.6 Å². The zero-order chi connectivity index (χ0) is 13.4. The number of esters is 1. The number of hydrogen-bond donors (Lipinski definition) is 1. The maximum absolute atomic E-state index is 12.9. The molecule has 0 bridgehead atoms. The van der Waals surface area contributed by atoms with Crippen LogP contribution in [0.4, 0.5) is 8.78 Å². The summed E-state index contributed by atoms with van der Waals surface area (Å²) in [6.45, 7) is 3.22. The van der Waals surface area contributed by atoms with Crippen LogP contribution in [0.1, 0.15) is 25.3 Å². The van der Waals surface area contributed by atoms with E-state index in [4.69, 9.17) is 4.74 Å². The molecule has 0 saturated heterocycles. The SMILES string of the molecule is CCC(=O)OCCCNCc1ccc(F)c(F)c1. The van der Waals surface area contributed by atoms with Gasteiger partial charge in [-0.05, 0) is 30.7 Å². The highest BCUT2D eigenvalue weighted by Gasteiger charge is 2.02. The maximum Gasteiger partial charge on any atom is 0.305 e. The number of benzene rings is 1. The third kappa shape index (κ3) is 5.23. The Morgan fingerprint density at radius 2 is 2.11 bits per heavy atom. The van der Waals surface area contributed by atoms with E-state index >= 15 is 0 Å². The van der Waals surface area contributed by atoms with E-state index in [1.165, 1.54) is 12.1 Å². The summed E-state index contributed by atoms with van der Waals surface area (Å²) in [7, 11) is 0. The molecular formula is C13H17F2NO2. The van der Waals surface area contributed by atoms with Crippen molar-refractivity contribution in [1.82, 2.24) is 5.32 Å². The molecule has 0 saturated carbocycles. The predicted octanol–water partition coefficient (Wildman–Crippen LogP) is 2.40. The van der Waals surface area contributed by atoms with Gasteiger partial charge in [-0.15, -0.1) is 0 Å².